The molecule has 1 saturated heterocycles. The van der Waals surface area contributed by atoms with Crippen molar-refractivity contribution >= 4 is 23.3 Å². The van der Waals surface area contributed by atoms with Crippen molar-refractivity contribution in [3.05, 3.63) is 64.2 Å². The summed E-state index contributed by atoms with van der Waals surface area (Å²) in [4.78, 5) is 36.3. The highest BCUT2D eigenvalue weighted by Gasteiger charge is 2.37. The number of hydrogen-bond donors (Lipinski definition) is 0. The Morgan fingerprint density at radius 2 is 1.93 bits per heavy atom. The van der Waals surface area contributed by atoms with E-state index in [9.17, 15) is 19.7 Å². The molecule has 27 heavy (non-hydrogen) atoms. The quantitative estimate of drug-likeness (QED) is 0.440. The highest BCUT2D eigenvalue weighted by atomic mass is 16.6. The third kappa shape index (κ3) is 4.05. The lowest BCUT2D eigenvalue weighted by atomic mass is 10.1. The molecule has 1 aliphatic heterocycles. The summed E-state index contributed by atoms with van der Waals surface area (Å²) in [6, 6.07) is 12.9. The van der Waals surface area contributed by atoms with Crippen LogP contribution in [0.1, 0.15) is 12.0 Å². The Bertz CT molecular complexity index is 865. The first-order valence-corrected chi connectivity index (χ1v) is 8.33. The number of esters is 1. The van der Waals surface area contributed by atoms with Gasteiger partial charge in [0, 0.05) is 25.1 Å². The number of rotatable bonds is 6. The van der Waals surface area contributed by atoms with E-state index in [1.807, 2.05) is 0 Å². The molecule has 0 radical (unpaired) electrons. The van der Waals surface area contributed by atoms with E-state index < -0.39 is 16.8 Å². The molecule has 2 aromatic rings. The second kappa shape index (κ2) is 7.86. The fourth-order valence-electron chi connectivity index (χ4n) is 2.94. The monoisotopic (exact) mass is 370 g/mol. The number of nitro groups is 1. The van der Waals surface area contributed by atoms with Gasteiger partial charge in [-0.3, -0.25) is 19.7 Å². The summed E-state index contributed by atoms with van der Waals surface area (Å²) >= 11 is 0. The van der Waals surface area contributed by atoms with Gasteiger partial charge in [0.15, 0.2) is 0 Å². The van der Waals surface area contributed by atoms with Crippen molar-refractivity contribution in [3.8, 4) is 5.75 Å². The second-order valence-corrected chi connectivity index (χ2v) is 6.11. The fraction of sp³-hybridized carbons (Fsp3) is 0.263. The van der Waals surface area contributed by atoms with E-state index in [2.05, 4.69) is 0 Å². The van der Waals surface area contributed by atoms with Gasteiger partial charge in [0.25, 0.3) is 5.69 Å². The maximum absolute atomic E-state index is 12.3. The second-order valence-electron chi connectivity index (χ2n) is 6.11. The maximum atomic E-state index is 12.3. The first-order chi connectivity index (χ1) is 13.0. The number of methoxy groups -OCH3 is 1. The topological polar surface area (TPSA) is 99.0 Å². The van der Waals surface area contributed by atoms with Gasteiger partial charge in [-0.1, -0.05) is 12.1 Å². The highest BCUT2D eigenvalue weighted by Crippen LogP contribution is 2.33. The van der Waals surface area contributed by atoms with E-state index >= 15 is 0 Å². The van der Waals surface area contributed by atoms with Gasteiger partial charge in [0.05, 0.1) is 23.6 Å². The van der Waals surface area contributed by atoms with Gasteiger partial charge >= 0.3 is 5.97 Å². The minimum absolute atomic E-state index is 0.00379. The standard InChI is InChI=1S/C19H18N2O6/c1-26-17-5-3-2-4-16(17)20-11-14(10-18(20)22)19(23)27-12-13-6-8-15(9-7-13)21(24)25/h2-9,14H,10-12H2,1H3/t14-/m0/s1. The van der Waals surface area contributed by atoms with E-state index in [1.54, 1.807) is 24.3 Å². The minimum atomic E-state index is -0.569. The normalized spacial score (nSPS) is 16.3. The number of para-hydroxylation sites is 2. The summed E-state index contributed by atoms with van der Waals surface area (Å²) in [5.41, 5.74) is 1.23. The Kier molecular flexibility index (Phi) is 5.35. The summed E-state index contributed by atoms with van der Waals surface area (Å²) in [6.45, 7) is 0.217. The molecule has 0 unspecified atom stereocenters. The predicted octanol–water partition coefficient (Wildman–Crippen LogP) is 2.70. The molecule has 8 heteroatoms. The summed E-state index contributed by atoms with van der Waals surface area (Å²) in [6.07, 6.45) is 0.0666. The molecular weight excluding hydrogens is 352 g/mol. The zero-order valence-corrected chi connectivity index (χ0v) is 14.7. The van der Waals surface area contributed by atoms with Crippen LogP contribution in [0.5, 0.6) is 5.75 Å². The Balaban J connectivity index is 1.61. The van der Waals surface area contributed by atoms with Gasteiger partial charge in [-0.25, -0.2) is 0 Å². The van der Waals surface area contributed by atoms with Gasteiger partial charge in [0.2, 0.25) is 5.91 Å². The molecule has 0 aliphatic carbocycles. The first kappa shape index (κ1) is 18.4. The van der Waals surface area contributed by atoms with Crippen LogP contribution in [0.4, 0.5) is 11.4 Å². The zero-order chi connectivity index (χ0) is 19.4. The van der Waals surface area contributed by atoms with Crippen LogP contribution in [0.2, 0.25) is 0 Å². The van der Waals surface area contributed by atoms with Gasteiger partial charge in [-0.05, 0) is 29.8 Å². The van der Waals surface area contributed by atoms with Crippen LogP contribution >= 0.6 is 0 Å². The molecule has 0 aromatic heterocycles. The molecule has 1 atom stereocenters. The number of non-ortho nitro benzene ring substituents is 1. The van der Waals surface area contributed by atoms with Crippen molar-refractivity contribution in [1.82, 2.24) is 0 Å². The minimum Gasteiger partial charge on any atom is -0.495 e. The van der Waals surface area contributed by atoms with Crippen LogP contribution in [0.3, 0.4) is 0 Å². The number of nitrogens with zero attached hydrogens (tertiary/aromatic N) is 2. The molecule has 2 aromatic carbocycles. The van der Waals surface area contributed by atoms with Crippen molar-refractivity contribution in [3.63, 3.8) is 0 Å². The van der Waals surface area contributed by atoms with E-state index in [0.29, 0.717) is 17.0 Å². The van der Waals surface area contributed by atoms with E-state index in [-0.39, 0.29) is 31.2 Å². The molecule has 0 saturated carbocycles. The highest BCUT2D eigenvalue weighted by molar-refractivity contribution is 6.00. The Labute approximate surface area is 155 Å². The predicted molar refractivity (Wildman–Crippen MR) is 96.3 cm³/mol. The Hall–Kier alpha value is -3.42. The number of benzene rings is 2. The third-order valence-corrected chi connectivity index (χ3v) is 4.36. The number of carbonyl (C=O) groups is 2. The molecule has 0 spiro atoms. The van der Waals surface area contributed by atoms with Gasteiger partial charge in [-0.2, -0.15) is 0 Å². The number of ether oxygens (including phenoxy) is 2. The number of hydrogen-bond acceptors (Lipinski definition) is 6. The molecule has 1 heterocycles. The van der Waals surface area contributed by atoms with Crippen LogP contribution in [0, 0.1) is 16.0 Å². The molecule has 1 amide bonds. The molecule has 3 rings (SSSR count). The molecule has 0 N–H and O–H groups in total. The lowest BCUT2D eigenvalue weighted by Crippen LogP contribution is -2.26. The van der Waals surface area contributed by atoms with Gasteiger partial charge < -0.3 is 14.4 Å². The van der Waals surface area contributed by atoms with Crippen LogP contribution in [0.25, 0.3) is 0 Å². The van der Waals surface area contributed by atoms with Crippen LogP contribution in [-0.4, -0.2) is 30.5 Å². The Morgan fingerprint density at radius 3 is 2.59 bits per heavy atom. The lowest BCUT2D eigenvalue weighted by molar-refractivity contribution is -0.384. The van der Waals surface area contributed by atoms with Crippen molar-refractivity contribution in [2.45, 2.75) is 13.0 Å². The molecule has 0 bridgehead atoms. The summed E-state index contributed by atoms with van der Waals surface area (Å²) in [5, 5.41) is 10.7. The number of nitro benzene ring substituents is 1. The number of carbonyl (C=O) groups excluding carboxylic acids is 2. The molecule has 1 aliphatic rings. The van der Waals surface area contributed by atoms with Crippen LogP contribution < -0.4 is 9.64 Å². The molecular formula is C19H18N2O6. The first-order valence-electron chi connectivity index (χ1n) is 8.33. The summed E-state index contributed by atoms with van der Waals surface area (Å²) in [7, 11) is 1.52. The van der Waals surface area contributed by atoms with Crippen LogP contribution in [0.15, 0.2) is 48.5 Å². The third-order valence-electron chi connectivity index (χ3n) is 4.36. The summed E-state index contributed by atoms with van der Waals surface area (Å²) < 4.78 is 10.6. The number of amides is 1. The van der Waals surface area contributed by atoms with E-state index in [0.717, 1.165) is 0 Å². The molecule has 8 nitrogen and oxygen atoms in total. The lowest BCUT2D eigenvalue weighted by Gasteiger charge is -2.19. The van der Waals surface area contributed by atoms with Crippen molar-refractivity contribution in [2.24, 2.45) is 5.92 Å². The SMILES string of the molecule is COc1ccccc1N1C[C@@H](C(=O)OCc2ccc([N+](=O)[O-])cc2)CC1=O. The maximum Gasteiger partial charge on any atom is 0.311 e. The average molecular weight is 370 g/mol. The smallest absolute Gasteiger partial charge is 0.311 e. The molecule has 1 fully saturated rings. The number of anilines is 1. The van der Waals surface area contributed by atoms with Gasteiger partial charge in [0.1, 0.15) is 12.4 Å². The fourth-order valence-corrected chi connectivity index (χ4v) is 2.94. The zero-order valence-electron chi connectivity index (χ0n) is 14.7. The Morgan fingerprint density at radius 1 is 1.22 bits per heavy atom. The van der Waals surface area contributed by atoms with Crippen molar-refractivity contribution < 1.29 is 24.0 Å². The van der Waals surface area contributed by atoms with E-state index in [1.165, 1.54) is 36.3 Å². The van der Waals surface area contributed by atoms with Crippen LogP contribution in [-0.2, 0) is 20.9 Å². The molecule has 140 valence electrons. The van der Waals surface area contributed by atoms with Crippen molar-refractivity contribution in [2.75, 3.05) is 18.6 Å². The van der Waals surface area contributed by atoms with E-state index in [4.69, 9.17) is 9.47 Å². The average Bonchev–Trinajstić information content (AvgIpc) is 3.08. The van der Waals surface area contributed by atoms with Gasteiger partial charge in [-0.15, -0.1) is 0 Å². The largest absolute Gasteiger partial charge is 0.495 e. The van der Waals surface area contributed by atoms with Crippen molar-refractivity contribution in [1.29, 1.82) is 0 Å². The summed E-state index contributed by atoms with van der Waals surface area (Å²) in [5.74, 6) is -0.651.